The van der Waals surface area contributed by atoms with Crippen LogP contribution in [0.2, 0.25) is 0 Å². The molecule has 0 bridgehead atoms. The molecule has 0 saturated carbocycles. The topological polar surface area (TPSA) is 0 Å². The van der Waals surface area contributed by atoms with Crippen LogP contribution in [0.4, 0.5) is 0 Å². The minimum Gasteiger partial charge on any atom is -0.0619 e. The molecule has 0 atom stereocenters. The van der Waals surface area contributed by atoms with E-state index in [9.17, 15) is 0 Å². The van der Waals surface area contributed by atoms with E-state index in [0.717, 1.165) is 0 Å². The number of rotatable bonds is 8. The SMILES string of the molecule is CC1(C)c2ccccc2-c2cc(-c3c4ccccc4c(-c4ccc(-c5ccc6c(c5)C(C)(C)c5ccccc5-6)c5ccccc45)c4ccc(-c5ccc6c(c5)C(C)(C)c5ccccc5-6)cc34)ccc21.CC1(C)c2ccccc2-c2cc(-c3c4ccccc4c(-c4ccc(-c5ccc6ccccc6c5)c5ccccc45)c4ccc(-c5ccc6c(c5)C(C)(C)c5ccccc5-6)cc34)ccc21. The molecule has 0 aliphatic heterocycles. The molecule has 0 heteroatoms. The lowest BCUT2D eigenvalue weighted by Gasteiger charge is -2.23. The molecule has 27 rings (SSSR count). The second kappa shape index (κ2) is 28.8. The maximum Gasteiger partial charge on any atom is 0.0159 e. The van der Waals surface area contributed by atoms with Crippen LogP contribution in [0.5, 0.6) is 0 Å². The van der Waals surface area contributed by atoms with Crippen LogP contribution in [-0.4, -0.2) is 0 Å². The van der Waals surface area contributed by atoms with Gasteiger partial charge in [0.2, 0.25) is 0 Å². The average Bonchev–Trinajstić information content (AvgIpc) is 1.67. The van der Waals surface area contributed by atoms with Gasteiger partial charge in [-0.3, -0.25) is 0 Å². The van der Waals surface area contributed by atoms with E-state index in [4.69, 9.17) is 0 Å². The van der Waals surface area contributed by atoms with E-state index >= 15 is 0 Å². The molecule has 0 radical (unpaired) electrons. The zero-order valence-corrected chi connectivity index (χ0v) is 76.8. The molecule has 630 valence electrons. The van der Waals surface area contributed by atoms with E-state index in [-0.39, 0.29) is 27.1 Å². The van der Waals surface area contributed by atoms with E-state index in [2.05, 4.69) is 482 Å². The molecule has 0 spiro atoms. The second-order valence-corrected chi connectivity index (χ2v) is 40.7. The van der Waals surface area contributed by atoms with Gasteiger partial charge < -0.3 is 0 Å². The van der Waals surface area contributed by atoms with Crippen molar-refractivity contribution in [2.75, 3.05) is 0 Å². The molecule has 0 unspecified atom stereocenters. The quantitative estimate of drug-likeness (QED) is 0.133. The van der Waals surface area contributed by atoms with Gasteiger partial charge in [-0.25, -0.2) is 0 Å². The summed E-state index contributed by atoms with van der Waals surface area (Å²) in [6, 6.07) is 157. The summed E-state index contributed by atoms with van der Waals surface area (Å²) >= 11 is 0. The van der Waals surface area contributed by atoms with Crippen LogP contribution in [0.25, 0.3) is 220 Å². The molecule has 0 amide bonds. The molecule has 0 N–H and O–H groups in total. The normalized spacial score (nSPS) is 14.7. The van der Waals surface area contributed by atoms with Gasteiger partial charge in [0, 0.05) is 27.1 Å². The number of hydrogen-bond acceptors (Lipinski definition) is 0. The van der Waals surface area contributed by atoms with Crippen molar-refractivity contribution in [2.24, 2.45) is 0 Å². The number of fused-ring (bicyclic) bond motifs is 22. The largest absolute Gasteiger partial charge is 0.0619 e. The van der Waals surface area contributed by atoms with Crippen LogP contribution in [0.3, 0.4) is 0 Å². The molecule has 22 aromatic carbocycles. The van der Waals surface area contributed by atoms with Gasteiger partial charge >= 0.3 is 0 Å². The van der Waals surface area contributed by atoms with Crippen molar-refractivity contribution in [3.05, 3.63) is 468 Å². The molecular formula is C133H98. The maximum absolute atomic E-state index is 2.50. The van der Waals surface area contributed by atoms with Crippen LogP contribution >= 0.6 is 0 Å². The number of hydrogen-bond donors (Lipinski definition) is 0. The van der Waals surface area contributed by atoms with Crippen molar-refractivity contribution in [3.63, 3.8) is 0 Å². The van der Waals surface area contributed by atoms with Crippen LogP contribution in [-0.2, 0) is 27.1 Å². The molecular weight excluding hydrogens is 1600 g/mol. The fourth-order valence-electron chi connectivity index (χ4n) is 25.2. The highest BCUT2D eigenvalue weighted by molar-refractivity contribution is 6.27. The Morgan fingerprint density at radius 1 is 0.113 bits per heavy atom. The fraction of sp³-hybridized carbons (Fsp3) is 0.113. The minimum atomic E-state index is -0.0873. The summed E-state index contributed by atoms with van der Waals surface area (Å²) in [5.41, 5.74) is 47.2. The summed E-state index contributed by atoms with van der Waals surface area (Å²) in [6.45, 7) is 23.8. The van der Waals surface area contributed by atoms with Crippen molar-refractivity contribution < 1.29 is 0 Å². The van der Waals surface area contributed by atoms with Crippen molar-refractivity contribution in [1.29, 1.82) is 0 Å². The van der Waals surface area contributed by atoms with Crippen molar-refractivity contribution >= 4 is 75.4 Å². The second-order valence-electron chi connectivity index (χ2n) is 40.7. The predicted molar refractivity (Wildman–Crippen MR) is 567 cm³/mol. The first kappa shape index (κ1) is 78.7. The summed E-state index contributed by atoms with van der Waals surface area (Å²) in [7, 11) is 0. The summed E-state index contributed by atoms with van der Waals surface area (Å²) in [6.07, 6.45) is 0. The molecule has 5 aliphatic carbocycles. The van der Waals surface area contributed by atoms with Crippen LogP contribution in [0.15, 0.2) is 413 Å². The van der Waals surface area contributed by atoms with Gasteiger partial charge in [-0.15, -0.1) is 0 Å². The lowest BCUT2D eigenvalue weighted by atomic mass is 9.80. The Kier molecular flexibility index (Phi) is 17.1. The highest BCUT2D eigenvalue weighted by Crippen LogP contribution is 2.59. The minimum absolute atomic E-state index is 0.0628. The highest BCUT2D eigenvalue weighted by atomic mass is 14.4. The highest BCUT2D eigenvalue weighted by Gasteiger charge is 2.42. The number of benzene rings is 22. The van der Waals surface area contributed by atoms with Gasteiger partial charge in [0.15, 0.2) is 0 Å². The van der Waals surface area contributed by atoms with Gasteiger partial charge in [-0.05, 0) is 324 Å². The smallest absolute Gasteiger partial charge is 0.0159 e. The van der Waals surface area contributed by atoms with Crippen molar-refractivity contribution in [2.45, 2.75) is 96.3 Å². The van der Waals surface area contributed by atoms with E-state index in [0.29, 0.717) is 0 Å². The molecule has 0 saturated heterocycles. The first-order chi connectivity index (χ1) is 64.7. The third kappa shape index (κ3) is 11.5. The van der Waals surface area contributed by atoms with Crippen molar-refractivity contribution in [1.82, 2.24) is 0 Å². The Morgan fingerprint density at radius 3 is 0.737 bits per heavy atom. The lowest BCUT2D eigenvalue weighted by molar-refractivity contribution is 0.660. The van der Waals surface area contributed by atoms with E-state index in [1.54, 1.807) is 0 Å². The fourth-order valence-corrected chi connectivity index (χ4v) is 25.2. The molecule has 0 fully saturated rings. The molecule has 0 nitrogen and oxygen atoms in total. The van der Waals surface area contributed by atoms with E-state index < -0.39 is 0 Å². The third-order valence-electron chi connectivity index (χ3n) is 32.0. The van der Waals surface area contributed by atoms with Crippen molar-refractivity contribution in [3.8, 4) is 145 Å². The molecule has 22 aromatic rings. The zero-order chi connectivity index (χ0) is 89.5. The summed E-state index contributed by atoms with van der Waals surface area (Å²) in [4.78, 5) is 0. The van der Waals surface area contributed by atoms with E-state index in [1.165, 1.54) is 276 Å². The van der Waals surface area contributed by atoms with Gasteiger partial charge in [0.25, 0.3) is 0 Å². The summed E-state index contributed by atoms with van der Waals surface area (Å²) < 4.78 is 0. The van der Waals surface area contributed by atoms with Crippen LogP contribution in [0.1, 0.15) is 125 Å². The zero-order valence-electron chi connectivity index (χ0n) is 76.8. The van der Waals surface area contributed by atoms with E-state index in [1.807, 2.05) is 0 Å². The first-order valence-electron chi connectivity index (χ1n) is 47.5. The molecule has 5 aliphatic rings. The van der Waals surface area contributed by atoms with Gasteiger partial charge in [-0.1, -0.05) is 433 Å². The average molecular weight is 1700 g/mol. The summed E-state index contributed by atoms with van der Waals surface area (Å²) in [5.74, 6) is 0. The van der Waals surface area contributed by atoms with Gasteiger partial charge in [-0.2, -0.15) is 0 Å². The monoisotopic (exact) mass is 1690 g/mol. The van der Waals surface area contributed by atoms with Crippen LogP contribution < -0.4 is 0 Å². The predicted octanol–water partition coefficient (Wildman–Crippen LogP) is 36.3. The Bertz CT molecular complexity index is 8840. The maximum atomic E-state index is 2.50. The molecule has 0 aromatic heterocycles. The molecule has 133 heavy (non-hydrogen) atoms. The Hall–Kier alpha value is -15.3. The Labute approximate surface area is 778 Å². The van der Waals surface area contributed by atoms with Crippen LogP contribution in [0, 0.1) is 0 Å². The van der Waals surface area contributed by atoms with Gasteiger partial charge in [0.05, 0.1) is 0 Å². The van der Waals surface area contributed by atoms with Gasteiger partial charge in [0.1, 0.15) is 0 Å². The summed E-state index contributed by atoms with van der Waals surface area (Å²) in [5, 5.41) is 17.7. The molecule has 0 heterocycles. The third-order valence-corrected chi connectivity index (χ3v) is 32.0. The first-order valence-corrected chi connectivity index (χ1v) is 47.5. The Morgan fingerprint density at radius 2 is 0.346 bits per heavy atom. The lowest BCUT2D eigenvalue weighted by Crippen LogP contribution is -2.14. The standard InChI is InChI=1S/C69H52.C64H46/c1-67(2)61-26-16-13-21-50(61)57-38-44(30-36-62(57)67)65-53-22-9-10-23-54(53)66(56-33-28-41(37-58(56)65)42-27-31-51-48-19-11-14-24-59(48)68(3,4)63(51)39-42)55-35-34-45(46-17-7-8-18-47(46)55)43-29-32-52-49-20-12-15-25-60(49)69(5,6)64(52)40-43;1-63(2)58-24-14-12-20-49(58)55-37-44(29-34-59(55)63)61-51-21-9-10-22-52(51)62(53-33-32-45(46-17-7-8-18-47(46)53)43-26-25-39-15-5-6-16-40(39)35-43)54-31-28-41(36-56(54)61)42-27-30-50-48-19-11-13-23-57(48)64(3,4)60(50)38-42/h7-40H,1-6H3;5-38H,1-4H3. The Balaban J connectivity index is 0.000000139.